The van der Waals surface area contributed by atoms with Gasteiger partial charge in [0.15, 0.2) is 0 Å². The summed E-state index contributed by atoms with van der Waals surface area (Å²) < 4.78 is 0. The minimum atomic E-state index is 0.188. The van der Waals surface area contributed by atoms with Crippen LogP contribution in [0.5, 0.6) is 5.75 Å². The molecule has 0 heterocycles. The number of aliphatic hydroxyl groups excluding tert-OH is 1. The molecule has 0 amide bonds. The molecule has 102 valence electrons. The van der Waals surface area contributed by atoms with Gasteiger partial charge in [-0.15, -0.1) is 0 Å². The molecule has 3 N–H and O–H groups in total. The minimum absolute atomic E-state index is 0.188. The Labute approximate surface area is 110 Å². The zero-order chi connectivity index (χ0) is 13.6. The molecule has 1 aromatic rings. The molecule has 3 heteroatoms. The second kappa shape index (κ2) is 6.76. The molecule has 0 fully saturated rings. The molecule has 0 aliphatic carbocycles. The molecule has 1 atom stereocenters. The fourth-order valence-corrected chi connectivity index (χ4v) is 1.96. The summed E-state index contributed by atoms with van der Waals surface area (Å²) in [6.07, 6.45) is 1.86. The molecule has 1 unspecified atom stereocenters. The summed E-state index contributed by atoms with van der Waals surface area (Å²) in [6, 6.07) is 7.56. The topological polar surface area (TPSA) is 52.5 Å². The Morgan fingerprint density at radius 2 is 1.83 bits per heavy atom. The van der Waals surface area contributed by atoms with Gasteiger partial charge in [-0.05, 0) is 42.9 Å². The van der Waals surface area contributed by atoms with Crippen LogP contribution in [0, 0.1) is 5.41 Å². The quantitative estimate of drug-likeness (QED) is 0.698. The van der Waals surface area contributed by atoms with Crippen LogP contribution in [0.3, 0.4) is 0 Å². The molecule has 0 saturated carbocycles. The van der Waals surface area contributed by atoms with E-state index in [1.54, 1.807) is 12.1 Å². The standard InChI is InChI=1S/C15H25NO2/c1-12(13-5-7-14(18)8-6-13)16-11-15(2,3)9-4-10-17/h5-8,12,16-18H,4,9-11H2,1-3H3. The van der Waals surface area contributed by atoms with Crippen molar-refractivity contribution in [3.8, 4) is 5.75 Å². The number of aromatic hydroxyl groups is 1. The van der Waals surface area contributed by atoms with E-state index in [0.29, 0.717) is 5.75 Å². The Hall–Kier alpha value is -1.06. The van der Waals surface area contributed by atoms with Crippen LogP contribution in [0.2, 0.25) is 0 Å². The average molecular weight is 251 g/mol. The van der Waals surface area contributed by atoms with Gasteiger partial charge in [-0.1, -0.05) is 26.0 Å². The normalized spacial score (nSPS) is 13.6. The third-order valence-corrected chi connectivity index (χ3v) is 3.29. The van der Waals surface area contributed by atoms with Crippen LogP contribution in [-0.4, -0.2) is 23.4 Å². The molecular weight excluding hydrogens is 226 g/mol. The highest BCUT2D eigenvalue weighted by atomic mass is 16.3. The Morgan fingerprint density at radius 1 is 1.22 bits per heavy atom. The maximum Gasteiger partial charge on any atom is 0.115 e. The Bertz CT molecular complexity index is 346. The molecule has 0 aromatic heterocycles. The van der Waals surface area contributed by atoms with Crippen LogP contribution in [0.4, 0.5) is 0 Å². The van der Waals surface area contributed by atoms with Crippen LogP contribution in [0.15, 0.2) is 24.3 Å². The van der Waals surface area contributed by atoms with Crippen molar-refractivity contribution in [2.24, 2.45) is 5.41 Å². The summed E-state index contributed by atoms with van der Waals surface area (Å²) in [5.41, 5.74) is 1.36. The summed E-state index contributed by atoms with van der Waals surface area (Å²) in [5, 5.41) is 21.6. The molecule has 0 bridgehead atoms. The number of phenolic OH excluding ortho intramolecular Hbond substituents is 1. The molecule has 1 rings (SSSR count). The van der Waals surface area contributed by atoms with E-state index in [-0.39, 0.29) is 18.1 Å². The zero-order valence-corrected chi connectivity index (χ0v) is 11.6. The van der Waals surface area contributed by atoms with E-state index in [1.165, 1.54) is 5.56 Å². The molecule has 0 aliphatic heterocycles. The predicted molar refractivity (Wildman–Crippen MR) is 74.6 cm³/mol. The van der Waals surface area contributed by atoms with Crippen molar-refractivity contribution in [2.45, 2.75) is 39.7 Å². The van der Waals surface area contributed by atoms with Crippen molar-refractivity contribution in [1.82, 2.24) is 5.32 Å². The third kappa shape index (κ3) is 5.07. The average Bonchev–Trinajstić information content (AvgIpc) is 2.35. The van der Waals surface area contributed by atoms with Gasteiger partial charge in [0, 0.05) is 19.2 Å². The Kier molecular flexibility index (Phi) is 5.63. The SMILES string of the molecule is CC(NCC(C)(C)CCCO)c1ccc(O)cc1. The molecule has 0 radical (unpaired) electrons. The van der Waals surface area contributed by atoms with Crippen molar-refractivity contribution in [1.29, 1.82) is 0 Å². The number of aliphatic hydroxyl groups is 1. The number of hydrogen-bond acceptors (Lipinski definition) is 3. The van der Waals surface area contributed by atoms with E-state index >= 15 is 0 Å². The fourth-order valence-electron chi connectivity index (χ4n) is 1.96. The minimum Gasteiger partial charge on any atom is -0.508 e. The Morgan fingerprint density at radius 3 is 2.39 bits per heavy atom. The van der Waals surface area contributed by atoms with Crippen molar-refractivity contribution in [3.05, 3.63) is 29.8 Å². The smallest absolute Gasteiger partial charge is 0.115 e. The van der Waals surface area contributed by atoms with Crippen LogP contribution in [0.1, 0.15) is 45.2 Å². The maximum absolute atomic E-state index is 9.25. The molecule has 0 saturated heterocycles. The van der Waals surface area contributed by atoms with Crippen molar-refractivity contribution in [2.75, 3.05) is 13.2 Å². The van der Waals surface area contributed by atoms with Crippen LogP contribution < -0.4 is 5.32 Å². The van der Waals surface area contributed by atoms with Gasteiger partial charge in [-0.2, -0.15) is 0 Å². The maximum atomic E-state index is 9.25. The molecule has 18 heavy (non-hydrogen) atoms. The van der Waals surface area contributed by atoms with Gasteiger partial charge in [-0.25, -0.2) is 0 Å². The first kappa shape index (κ1) is 15.0. The van der Waals surface area contributed by atoms with Crippen LogP contribution in [-0.2, 0) is 0 Å². The molecular formula is C15H25NO2. The molecule has 0 spiro atoms. The summed E-state index contributed by atoms with van der Waals surface area (Å²) in [5.74, 6) is 0.300. The second-order valence-corrected chi connectivity index (χ2v) is 5.69. The highest BCUT2D eigenvalue weighted by molar-refractivity contribution is 5.27. The first-order valence-corrected chi connectivity index (χ1v) is 6.58. The number of benzene rings is 1. The van der Waals surface area contributed by atoms with E-state index < -0.39 is 0 Å². The van der Waals surface area contributed by atoms with Crippen LogP contribution >= 0.6 is 0 Å². The Balaban J connectivity index is 2.45. The van der Waals surface area contributed by atoms with Gasteiger partial charge in [-0.3, -0.25) is 0 Å². The summed E-state index contributed by atoms with van der Waals surface area (Å²) in [7, 11) is 0. The molecule has 0 aliphatic rings. The monoisotopic (exact) mass is 251 g/mol. The molecule has 1 aromatic carbocycles. The van der Waals surface area contributed by atoms with Gasteiger partial charge in [0.2, 0.25) is 0 Å². The summed E-state index contributed by atoms with van der Waals surface area (Å²) in [6.45, 7) is 7.71. The van der Waals surface area contributed by atoms with Crippen LogP contribution in [0.25, 0.3) is 0 Å². The predicted octanol–water partition coefficient (Wildman–Crippen LogP) is 2.84. The van der Waals surface area contributed by atoms with Gasteiger partial charge in [0.05, 0.1) is 0 Å². The number of hydrogen-bond donors (Lipinski definition) is 3. The van der Waals surface area contributed by atoms with E-state index in [1.807, 2.05) is 12.1 Å². The highest BCUT2D eigenvalue weighted by Gasteiger charge is 2.18. The van der Waals surface area contributed by atoms with Crippen molar-refractivity contribution in [3.63, 3.8) is 0 Å². The summed E-state index contributed by atoms with van der Waals surface area (Å²) in [4.78, 5) is 0. The number of nitrogens with one attached hydrogen (secondary N) is 1. The van der Waals surface area contributed by atoms with E-state index in [9.17, 15) is 5.11 Å². The van der Waals surface area contributed by atoms with Crippen molar-refractivity contribution >= 4 is 0 Å². The first-order valence-electron chi connectivity index (χ1n) is 6.58. The lowest BCUT2D eigenvalue weighted by molar-refractivity contribution is 0.233. The largest absolute Gasteiger partial charge is 0.508 e. The number of rotatable bonds is 7. The summed E-state index contributed by atoms with van der Waals surface area (Å²) >= 11 is 0. The van der Waals surface area contributed by atoms with Crippen molar-refractivity contribution < 1.29 is 10.2 Å². The van der Waals surface area contributed by atoms with E-state index in [0.717, 1.165) is 19.4 Å². The lowest BCUT2D eigenvalue weighted by atomic mass is 9.87. The second-order valence-electron chi connectivity index (χ2n) is 5.69. The highest BCUT2D eigenvalue weighted by Crippen LogP contribution is 2.23. The van der Waals surface area contributed by atoms with Gasteiger partial charge in [0.25, 0.3) is 0 Å². The zero-order valence-electron chi connectivity index (χ0n) is 11.6. The third-order valence-electron chi connectivity index (χ3n) is 3.29. The number of phenols is 1. The fraction of sp³-hybridized carbons (Fsp3) is 0.600. The van der Waals surface area contributed by atoms with Gasteiger partial charge >= 0.3 is 0 Å². The lowest BCUT2D eigenvalue weighted by Crippen LogP contribution is -2.31. The first-order chi connectivity index (χ1) is 8.44. The van der Waals surface area contributed by atoms with E-state index in [4.69, 9.17) is 5.11 Å². The molecule has 3 nitrogen and oxygen atoms in total. The lowest BCUT2D eigenvalue weighted by Gasteiger charge is -2.27. The van der Waals surface area contributed by atoms with E-state index in [2.05, 4.69) is 26.1 Å². The van der Waals surface area contributed by atoms with Gasteiger partial charge in [0.1, 0.15) is 5.75 Å². The van der Waals surface area contributed by atoms with Gasteiger partial charge < -0.3 is 15.5 Å².